The van der Waals surface area contributed by atoms with Crippen LogP contribution in [0.4, 0.5) is 0 Å². The number of aliphatic imine (C=N–C) groups is 1. The quantitative estimate of drug-likeness (QED) is 0.0171. The van der Waals surface area contributed by atoms with E-state index < -0.39 is 152 Å². The highest BCUT2D eigenvalue weighted by molar-refractivity contribution is 5.98. The highest BCUT2D eigenvalue weighted by Crippen LogP contribution is 2.27. The van der Waals surface area contributed by atoms with Crippen molar-refractivity contribution in [3.8, 4) is 0 Å². The first kappa shape index (κ1) is 61.4. The summed E-state index contributed by atoms with van der Waals surface area (Å²) in [5.41, 5.74) is 22.1. The van der Waals surface area contributed by atoms with Gasteiger partial charge in [0.15, 0.2) is 5.96 Å². The molecule has 0 bridgehead atoms. The number of unbranched alkanes of at least 4 members (excludes halogenated alkanes) is 1. The number of likely N-dealkylation sites (tertiary alicyclic amines) is 2. The lowest BCUT2D eigenvalue weighted by molar-refractivity contribution is -0.148. The number of hydrogen-bond donors (Lipinski definition) is 14. The van der Waals surface area contributed by atoms with Gasteiger partial charge in [0.05, 0.1) is 12.6 Å². The molecular formula is C44H75N13O15. The number of carboxylic acids is 3. The fourth-order valence-electron chi connectivity index (χ4n) is 8.08. The summed E-state index contributed by atoms with van der Waals surface area (Å²) in [7, 11) is 0. The Balaban J connectivity index is 2.34. The average molecular weight is 1030 g/mol. The van der Waals surface area contributed by atoms with Crippen molar-refractivity contribution in [2.75, 3.05) is 32.8 Å². The molecule has 2 heterocycles. The molecule has 0 aromatic rings. The van der Waals surface area contributed by atoms with Gasteiger partial charge in [-0.3, -0.25) is 52.9 Å². The van der Waals surface area contributed by atoms with Gasteiger partial charge in [-0.05, 0) is 90.0 Å². The van der Waals surface area contributed by atoms with E-state index in [1.54, 1.807) is 6.92 Å². The molecule has 2 rings (SSSR count). The lowest BCUT2D eigenvalue weighted by Crippen LogP contribution is -2.60. The molecule has 28 nitrogen and oxygen atoms in total. The van der Waals surface area contributed by atoms with Crippen LogP contribution < -0.4 is 54.8 Å². The maximum Gasteiger partial charge on any atom is 0.326 e. The third-order valence-corrected chi connectivity index (χ3v) is 12.4. The number of nitrogens with two attached hydrogens (primary N) is 4. The minimum absolute atomic E-state index is 0.0162. The molecule has 8 amide bonds. The molecule has 0 saturated carbocycles. The molecule has 2 aliphatic heterocycles. The number of hydrogen-bond acceptors (Lipinski definition) is 15. The maximum atomic E-state index is 14.1. The normalized spacial score (nSPS) is 18.6. The third-order valence-electron chi connectivity index (χ3n) is 12.4. The van der Waals surface area contributed by atoms with E-state index in [9.17, 15) is 73.2 Å². The summed E-state index contributed by atoms with van der Waals surface area (Å²) in [5, 5.41) is 53.3. The van der Waals surface area contributed by atoms with Crippen LogP contribution in [0.5, 0.6) is 0 Å². The fourth-order valence-corrected chi connectivity index (χ4v) is 8.08. The Morgan fingerprint density at radius 3 is 1.58 bits per heavy atom. The molecule has 0 unspecified atom stereocenters. The second kappa shape index (κ2) is 30.9. The van der Waals surface area contributed by atoms with E-state index in [4.69, 9.17) is 22.9 Å². The zero-order valence-corrected chi connectivity index (χ0v) is 41.1. The number of aliphatic hydroxyl groups is 1. The Hall–Kier alpha value is -6.68. The summed E-state index contributed by atoms with van der Waals surface area (Å²) in [6.45, 7) is 4.63. The predicted octanol–water partition coefficient (Wildman–Crippen LogP) is -4.74. The summed E-state index contributed by atoms with van der Waals surface area (Å²) in [5.74, 6) is -11.6. The number of guanidine groups is 1. The first-order valence-corrected chi connectivity index (χ1v) is 24.2. The molecule has 0 aromatic heterocycles. The SMILES string of the molecule is CC[C@H](C)[C@H](NC(=O)[C@H](C)N)C(=O)N1CCC[C@H]1C(=O)N1CCC[C@H]1C(=O)N[C@@H](CO)C(=O)N[C@@H](CCCN=C(N)N)C(=O)N[C@@H](CCC(=O)O)C(=O)N[C@@H](CCC(=O)O)C(=O)N[C@@H](CCCCN)C(=O)O. The van der Waals surface area contributed by atoms with E-state index >= 15 is 0 Å². The topological polar surface area (TPSA) is 464 Å². The predicted molar refractivity (Wildman–Crippen MR) is 255 cm³/mol. The van der Waals surface area contributed by atoms with Gasteiger partial charge >= 0.3 is 17.9 Å². The highest BCUT2D eigenvalue weighted by atomic mass is 16.4. The molecule has 72 heavy (non-hydrogen) atoms. The van der Waals surface area contributed by atoms with Crippen molar-refractivity contribution in [2.45, 2.75) is 165 Å². The van der Waals surface area contributed by atoms with Crippen molar-refractivity contribution < 1.29 is 73.2 Å². The Bertz CT molecular complexity index is 1950. The Labute approximate surface area is 416 Å². The van der Waals surface area contributed by atoms with E-state index in [2.05, 4.69) is 36.9 Å². The zero-order valence-electron chi connectivity index (χ0n) is 41.1. The van der Waals surface area contributed by atoms with Crippen LogP contribution in [-0.4, -0.2) is 189 Å². The van der Waals surface area contributed by atoms with Crippen LogP contribution in [0.2, 0.25) is 0 Å². The lowest BCUT2D eigenvalue weighted by atomic mass is 9.97. The van der Waals surface area contributed by atoms with E-state index in [1.165, 1.54) is 16.7 Å². The largest absolute Gasteiger partial charge is 0.481 e. The molecule has 2 saturated heterocycles. The van der Waals surface area contributed by atoms with Crippen molar-refractivity contribution in [1.29, 1.82) is 0 Å². The van der Waals surface area contributed by atoms with E-state index in [0.29, 0.717) is 32.1 Å². The zero-order chi connectivity index (χ0) is 54.2. The number of carbonyl (C=O) groups is 11. The molecule has 0 spiro atoms. The number of nitrogens with zero attached hydrogens (tertiary/aromatic N) is 3. The summed E-state index contributed by atoms with van der Waals surface area (Å²) in [6, 6.07) is -12.1. The van der Waals surface area contributed by atoms with Gasteiger partial charge in [-0.15, -0.1) is 0 Å². The van der Waals surface area contributed by atoms with Crippen LogP contribution in [0.3, 0.4) is 0 Å². The van der Waals surface area contributed by atoms with Crippen molar-refractivity contribution >= 4 is 71.1 Å². The van der Waals surface area contributed by atoms with Gasteiger partial charge in [0.2, 0.25) is 47.3 Å². The second-order valence-corrected chi connectivity index (χ2v) is 18.0. The van der Waals surface area contributed by atoms with Gasteiger partial charge in [0.1, 0.15) is 48.3 Å². The van der Waals surface area contributed by atoms with Crippen molar-refractivity contribution in [3.05, 3.63) is 0 Å². The minimum Gasteiger partial charge on any atom is -0.481 e. The van der Waals surface area contributed by atoms with Crippen LogP contribution in [-0.2, 0) is 52.7 Å². The first-order chi connectivity index (χ1) is 34.0. The van der Waals surface area contributed by atoms with Gasteiger partial charge in [-0.1, -0.05) is 20.3 Å². The van der Waals surface area contributed by atoms with Crippen molar-refractivity contribution in [2.24, 2.45) is 33.8 Å². The smallest absolute Gasteiger partial charge is 0.326 e. The van der Waals surface area contributed by atoms with Crippen molar-refractivity contribution in [1.82, 2.24) is 41.7 Å². The van der Waals surface area contributed by atoms with Crippen LogP contribution in [0.15, 0.2) is 4.99 Å². The number of aliphatic carboxylic acids is 3. The molecule has 2 fully saturated rings. The van der Waals surface area contributed by atoms with E-state index in [0.717, 1.165) is 0 Å². The summed E-state index contributed by atoms with van der Waals surface area (Å²) in [4.78, 5) is 151. The van der Waals surface area contributed by atoms with E-state index in [1.807, 2.05) is 6.92 Å². The van der Waals surface area contributed by atoms with Gasteiger partial charge in [-0.25, -0.2) is 4.79 Å². The van der Waals surface area contributed by atoms with Gasteiger partial charge < -0.3 is 85.1 Å². The Kier molecular flexibility index (Phi) is 26.4. The molecule has 18 N–H and O–H groups in total. The van der Waals surface area contributed by atoms with Crippen LogP contribution in [0, 0.1) is 5.92 Å². The van der Waals surface area contributed by atoms with Gasteiger partial charge in [0, 0.05) is 32.5 Å². The van der Waals surface area contributed by atoms with Gasteiger partial charge in [-0.2, -0.15) is 0 Å². The number of carbonyl (C=O) groups excluding carboxylic acids is 8. The van der Waals surface area contributed by atoms with Gasteiger partial charge in [0.25, 0.3) is 0 Å². The number of rotatable bonds is 32. The molecule has 0 aliphatic carbocycles. The maximum absolute atomic E-state index is 14.1. The summed E-state index contributed by atoms with van der Waals surface area (Å²) >= 11 is 0. The minimum atomic E-state index is -1.75. The first-order valence-electron chi connectivity index (χ1n) is 24.2. The highest BCUT2D eigenvalue weighted by Gasteiger charge is 2.45. The van der Waals surface area contributed by atoms with Crippen LogP contribution in [0.1, 0.15) is 111 Å². The second-order valence-electron chi connectivity index (χ2n) is 18.0. The average Bonchev–Trinajstić information content (AvgIpc) is 4.03. The standard InChI is InChI=1S/C44H75N13O15/c1-4-23(2)34(55-35(63)24(3)46)42(70)57-21-9-13-31(57)41(69)56-20-8-12-30(56)40(68)54-29(22-58)39(67)50-25(11-7-19-49-44(47)48)36(64)51-26(14-16-32(59)60)37(65)52-27(15-17-33(61)62)38(66)53-28(43(71)72)10-5-6-18-45/h23-31,34,58H,4-22,45-46H2,1-3H3,(H,50,67)(H,51,64)(H,52,65)(H,53,66)(H,54,68)(H,55,63)(H,59,60)(H,61,62)(H,71,72)(H4,47,48,49)/t23-,24-,25-,26-,27-,28-,29-,30-,31-,34-/m0/s1. The number of amides is 8. The Morgan fingerprint density at radius 1 is 0.625 bits per heavy atom. The summed E-state index contributed by atoms with van der Waals surface area (Å²) < 4.78 is 0. The molecular weight excluding hydrogens is 951 g/mol. The number of nitrogens with one attached hydrogen (secondary N) is 6. The molecule has 10 atom stereocenters. The third kappa shape index (κ3) is 19.8. The molecule has 28 heteroatoms. The fraction of sp³-hybridized carbons (Fsp3) is 0.727. The lowest BCUT2D eigenvalue weighted by Gasteiger charge is -2.34. The van der Waals surface area contributed by atoms with Crippen LogP contribution in [0.25, 0.3) is 0 Å². The number of carboxylic acid groups (broad SMARTS) is 3. The molecule has 2 aliphatic rings. The monoisotopic (exact) mass is 1030 g/mol. The molecule has 406 valence electrons. The number of aliphatic hydroxyl groups excluding tert-OH is 1. The van der Waals surface area contributed by atoms with Crippen LogP contribution >= 0.6 is 0 Å². The summed E-state index contributed by atoms with van der Waals surface area (Å²) in [6.07, 6.45) is -0.257. The van der Waals surface area contributed by atoms with E-state index in [-0.39, 0.29) is 70.2 Å². The molecule has 0 radical (unpaired) electrons. The van der Waals surface area contributed by atoms with Crippen molar-refractivity contribution in [3.63, 3.8) is 0 Å². The molecule has 0 aromatic carbocycles. The Morgan fingerprint density at radius 2 is 1.11 bits per heavy atom.